The molecule has 196 valence electrons. The van der Waals surface area contributed by atoms with E-state index in [1.54, 1.807) is 21.0 Å². The molecule has 35 heavy (non-hydrogen) atoms. The van der Waals surface area contributed by atoms with Crippen molar-refractivity contribution >= 4 is 0 Å². The zero-order valence-electron chi connectivity index (χ0n) is 20.0. The van der Waals surface area contributed by atoms with Crippen LogP contribution < -0.4 is 25.4 Å². The number of nitrogens with one attached hydrogen (secondary N) is 3. The van der Waals surface area contributed by atoms with Crippen LogP contribution in [0.3, 0.4) is 0 Å². The highest BCUT2D eigenvalue weighted by Crippen LogP contribution is 2.46. The van der Waals surface area contributed by atoms with Gasteiger partial charge in [-0.25, -0.2) is 0 Å². The topological polar surface area (TPSA) is 163 Å². The number of fused-ring (bicyclic) bond motifs is 3. The van der Waals surface area contributed by atoms with Gasteiger partial charge in [0.1, 0.15) is 23.9 Å². The van der Waals surface area contributed by atoms with Gasteiger partial charge in [-0.2, -0.15) is 0 Å². The Morgan fingerprint density at radius 2 is 1.71 bits per heavy atom. The average Bonchev–Trinajstić information content (AvgIpc) is 3.28. The molecule has 0 bridgehead atoms. The fourth-order valence-corrected chi connectivity index (χ4v) is 5.69. The van der Waals surface area contributed by atoms with Gasteiger partial charge in [-0.15, -0.1) is 0 Å². The third-order valence-electron chi connectivity index (χ3n) is 7.53. The van der Waals surface area contributed by atoms with Gasteiger partial charge in [0.15, 0.2) is 11.5 Å². The molecule has 0 aromatic heterocycles. The van der Waals surface area contributed by atoms with E-state index in [-0.39, 0.29) is 19.8 Å². The van der Waals surface area contributed by atoms with Crippen LogP contribution in [0, 0.1) is 0 Å². The normalized spacial score (nSPS) is 44.5. The van der Waals surface area contributed by atoms with E-state index in [1.165, 1.54) is 0 Å². The third kappa shape index (κ3) is 4.11. The Kier molecular flexibility index (Phi) is 6.72. The molecule has 1 aliphatic carbocycles. The summed E-state index contributed by atoms with van der Waals surface area (Å²) in [5, 5.41) is 54.2. The zero-order chi connectivity index (χ0) is 25.0. The van der Waals surface area contributed by atoms with Crippen LogP contribution >= 0.6 is 0 Å². The van der Waals surface area contributed by atoms with Crippen molar-refractivity contribution in [3.05, 3.63) is 23.8 Å². The first-order valence-electron chi connectivity index (χ1n) is 11.9. The molecule has 10 atom stereocenters. The number of benzene rings is 1. The van der Waals surface area contributed by atoms with E-state index in [2.05, 4.69) is 16.0 Å². The molecule has 3 heterocycles. The van der Waals surface area contributed by atoms with Gasteiger partial charge in [0.05, 0.1) is 24.3 Å². The van der Waals surface area contributed by atoms with E-state index in [1.807, 2.05) is 18.2 Å². The van der Waals surface area contributed by atoms with Crippen molar-refractivity contribution in [1.29, 1.82) is 0 Å². The fourth-order valence-electron chi connectivity index (χ4n) is 5.69. The minimum atomic E-state index is -2.25. The maximum Gasteiger partial charge on any atom is 0.249 e. The molecule has 0 amide bonds. The number of hydrogen-bond donors (Lipinski definition) is 7. The quantitative estimate of drug-likeness (QED) is 0.226. The Morgan fingerprint density at radius 3 is 2.46 bits per heavy atom. The first-order valence-corrected chi connectivity index (χ1v) is 11.9. The Hall–Kier alpha value is -1.58. The molecule has 3 unspecified atom stereocenters. The van der Waals surface area contributed by atoms with Crippen molar-refractivity contribution in [2.24, 2.45) is 0 Å². The van der Waals surface area contributed by atoms with Crippen molar-refractivity contribution in [2.75, 3.05) is 27.4 Å². The largest absolute Gasteiger partial charge is 0.454 e. The monoisotopic (exact) mass is 497 g/mol. The molecule has 4 aliphatic rings. The van der Waals surface area contributed by atoms with Gasteiger partial charge in [-0.05, 0) is 38.7 Å². The van der Waals surface area contributed by atoms with Crippen LogP contribution in [0.2, 0.25) is 0 Å². The molecule has 1 saturated carbocycles. The van der Waals surface area contributed by atoms with Crippen molar-refractivity contribution in [2.45, 2.75) is 80.2 Å². The molecule has 3 aliphatic heterocycles. The summed E-state index contributed by atoms with van der Waals surface area (Å²) >= 11 is 0. The lowest BCUT2D eigenvalue weighted by molar-refractivity contribution is -0.482. The van der Waals surface area contributed by atoms with Crippen LogP contribution in [0.25, 0.3) is 0 Å². The van der Waals surface area contributed by atoms with Crippen LogP contribution in [-0.2, 0) is 20.8 Å². The average molecular weight is 498 g/mol. The van der Waals surface area contributed by atoms with Gasteiger partial charge in [0.2, 0.25) is 18.9 Å². The summed E-state index contributed by atoms with van der Waals surface area (Å²) in [6.07, 6.45) is -5.75. The maximum absolute atomic E-state index is 11.7. The number of likely N-dealkylation sites (N-methyl/N-ethyl adjacent to an activating group) is 2. The molecule has 1 aromatic carbocycles. The number of aliphatic hydroxyl groups is 4. The minimum Gasteiger partial charge on any atom is -0.454 e. The summed E-state index contributed by atoms with van der Waals surface area (Å²) in [6, 6.07) is 4.19. The molecule has 1 aromatic rings. The van der Waals surface area contributed by atoms with Gasteiger partial charge in [-0.3, -0.25) is 0 Å². The maximum atomic E-state index is 11.7. The lowest BCUT2D eigenvalue weighted by Gasteiger charge is -2.60. The van der Waals surface area contributed by atoms with E-state index >= 15 is 0 Å². The van der Waals surface area contributed by atoms with Gasteiger partial charge in [0.25, 0.3) is 0 Å². The fraction of sp³-hybridized carbons (Fsp3) is 0.739. The van der Waals surface area contributed by atoms with E-state index in [4.69, 9.17) is 23.7 Å². The summed E-state index contributed by atoms with van der Waals surface area (Å²) < 4.78 is 28.8. The SMILES string of the molecule is CN[C@@H]1[C@H](O)[C@H](NC)C2O[C@]3(O)C(OC2[C@H]1O)O[C@H](C)C[C@@]3(O)CNCc1ccc2c(c1)OCO2. The Balaban J connectivity index is 1.35. The highest BCUT2D eigenvalue weighted by Gasteiger charge is 2.68. The van der Waals surface area contributed by atoms with Crippen LogP contribution in [0.4, 0.5) is 0 Å². The first-order chi connectivity index (χ1) is 16.7. The van der Waals surface area contributed by atoms with E-state index in [0.29, 0.717) is 18.0 Å². The molecule has 0 spiro atoms. The van der Waals surface area contributed by atoms with E-state index in [0.717, 1.165) is 5.56 Å². The molecule has 7 N–H and O–H groups in total. The molecule has 5 rings (SSSR count). The van der Waals surface area contributed by atoms with Crippen molar-refractivity contribution in [1.82, 2.24) is 16.0 Å². The second kappa shape index (κ2) is 9.38. The first kappa shape index (κ1) is 25.1. The van der Waals surface area contributed by atoms with Crippen molar-refractivity contribution in [3.8, 4) is 11.5 Å². The number of ether oxygens (including phenoxy) is 5. The van der Waals surface area contributed by atoms with E-state index < -0.39 is 60.3 Å². The number of hydrogen-bond acceptors (Lipinski definition) is 12. The molecule has 0 radical (unpaired) electrons. The van der Waals surface area contributed by atoms with Crippen LogP contribution in [0.5, 0.6) is 11.5 Å². The summed E-state index contributed by atoms with van der Waals surface area (Å²) in [7, 11) is 3.28. The van der Waals surface area contributed by atoms with Crippen LogP contribution in [0.15, 0.2) is 18.2 Å². The van der Waals surface area contributed by atoms with Gasteiger partial charge in [-0.1, -0.05) is 6.07 Å². The smallest absolute Gasteiger partial charge is 0.249 e. The number of aliphatic hydroxyl groups excluding tert-OH is 2. The minimum absolute atomic E-state index is 0.0304. The third-order valence-corrected chi connectivity index (χ3v) is 7.53. The molecule has 3 fully saturated rings. The van der Waals surface area contributed by atoms with Crippen LogP contribution in [0.1, 0.15) is 18.9 Å². The highest BCUT2D eigenvalue weighted by molar-refractivity contribution is 5.44. The molecule has 2 saturated heterocycles. The van der Waals surface area contributed by atoms with Crippen LogP contribution in [-0.4, -0.2) is 108 Å². The predicted octanol–water partition coefficient (Wildman–Crippen LogP) is -2.25. The van der Waals surface area contributed by atoms with Gasteiger partial charge >= 0.3 is 0 Å². The molecule has 12 nitrogen and oxygen atoms in total. The van der Waals surface area contributed by atoms with Gasteiger partial charge in [0, 0.05) is 19.5 Å². The van der Waals surface area contributed by atoms with Gasteiger partial charge < -0.3 is 60.1 Å². The lowest BCUT2D eigenvalue weighted by atomic mass is 9.77. The Labute approximate surface area is 203 Å². The second-order valence-electron chi connectivity index (χ2n) is 9.80. The standard InChI is InChI=1S/C23H35N3O9/c1-11-7-22(29,9-26-8-12-4-5-13-14(6-12)32-10-31-13)23(30)21(33-11)34-20-18(28)15(24-2)17(27)16(25-3)19(20)35-23/h4-6,11,15-21,24-30H,7-10H2,1-3H3/t11-,15-,16+,17+,18+,19?,20?,21?,22-,23-/m1/s1. The Bertz CT molecular complexity index is 924. The number of rotatable bonds is 6. The zero-order valence-corrected chi connectivity index (χ0v) is 20.0. The molecule has 12 heteroatoms. The molecular weight excluding hydrogens is 462 g/mol. The Morgan fingerprint density at radius 1 is 0.971 bits per heavy atom. The summed E-state index contributed by atoms with van der Waals surface area (Å²) in [4.78, 5) is 0. The lowest BCUT2D eigenvalue weighted by Crippen LogP contribution is -2.81. The van der Waals surface area contributed by atoms with Crippen molar-refractivity contribution < 1.29 is 44.1 Å². The highest BCUT2D eigenvalue weighted by atomic mass is 16.8. The van der Waals surface area contributed by atoms with Crippen molar-refractivity contribution in [3.63, 3.8) is 0 Å². The molecular formula is C23H35N3O9. The summed E-state index contributed by atoms with van der Waals surface area (Å²) in [5.74, 6) is -0.908. The summed E-state index contributed by atoms with van der Waals surface area (Å²) in [6.45, 7) is 2.31. The second-order valence-corrected chi connectivity index (χ2v) is 9.80. The summed E-state index contributed by atoms with van der Waals surface area (Å²) in [5.41, 5.74) is -0.876. The predicted molar refractivity (Wildman–Crippen MR) is 121 cm³/mol. The van der Waals surface area contributed by atoms with E-state index in [9.17, 15) is 20.4 Å².